The Morgan fingerprint density at radius 1 is 1.24 bits per heavy atom. The van der Waals surface area contributed by atoms with E-state index in [4.69, 9.17) is 5.11 Å². The molecule has 4 heteroatoms. The van der Waals surface area contributed by atoms with Gasteiger partial charge >= 0.3 is 5.97 Å². The third-order valence-electron chi connectivity index (χ3n) is 2.69. The Balaban J connectivity index is 2.77. The van der Waals surface area contributed by atoms with Gasteiger partial charge in [-0.15, -0.1) is 0 Å². The van der Waals surface area contributed by atoms with Crippen LogP contribution in [0, 0.1) is 11.8 Å². The Kier molecular flexibility index (Phi) is 4.87. The van der Waals surface area contributed by atoms with Crippen LogP contribution in [0.5, 0.6) is 0 Å². The third-order valence-corrected chi connectivity index (χ3v) is 3.22. The first kappa shape index (κ1) is 13.9. The quantitative estimate of drug-likeness (QED) is 0.848. The van der Waals surface area contributed by atoms with E-state index in [1.807, 2.05) is 13.8 Å². The second-order valence-electron chi connectivity index (χ2n) is 4.32. The summed E-state index contributed by atoms with van der Waals surface area (Å²) in [4.78, 5) is 22.9. The minimum atomic E-state index is -0.912. The second-order valence-corrected chi connectivity index (χ2v) is 5.24. The van der Waals surface area contributed by atoms with Crippen LogP contribution in [0.15, 0.2) is 28.7 Å². The van der Waals surface area contributed by atoms with Crippen LogP contribution in [-0.2, 0) is 4.79 Å². The van der Waals surface area contributed by atoms with Gasteiger partial charge in [0.1, 0.15) is 0 Å². The summed E-state index contributed by atoms with van der Waals surface area (Å²) in [5.74, 6) is -1.71. The predicted molar refractivity (Wildman–Crippen MR) is 69.1 cm³/mol. The van der Waals surface area contributed by atoms with Crippen LogP contribution in [0.3, 0.4) is 0 Å². The van der Waals surface area contributed by atoms with Gasteiger partial charge in [0.15, 0.2) is 5.78 Å². The molecule has 0 aliphatic carbocycles. The molecular weight excluding hydrogens is 284 g/mol. The fourth-order valence-electron chi connectivity index (χ4n) is 1.56. The van der Waals surface area contributed by atoms with E-state index in [0.29, 0.717) is 5.56 Å². The molecule has 0 aliphatic heterocycles. The Morgan fingerprint density at radius 3 is 2.18 bits per heavy atom. The summed E-state index contributed by atoms with van der Waals surface area (Å²) >= 11 is 3.29. The van der Waals surface area contributed by atoms with E-state index in [9.17, 15) is 9.59 Å². The normalized spacial score (nSPS) is 12.5. The van der Waals surface area contributed by atoms with Crippen LogP contribution in [0.1, 0.15) is 30.6 Å². The highest BCUT2D eigenvalue weighted by Gasteiger charge is 2.24. The molecular formula is C13H15BrO3. The summed E-state index contributed by atoms with van der Waals surface area (Å²) in [5.41, 5.74) is 0.556. The molecule has 0 bridgehead atoms. The topological polar surface area (TPSA) is 54.4 Å². The molecule has 0 fully saturated rings. The van der Waals surface area contributed by atoms with Crippen molar-refractivity contribution in [2.24, 2.45) is 11.8 Å². The van der Waals surface area contributed by atoms with E-state index in [-0.39, 0.29) is 18.1 Å². The highest BCUT2D eigenvalue weighted by molar-refractivity contribution is 9.10. The van der Waals surface area contributed by atoms with Crippen LogP contribution in [-0.4, -0.2) is 16.9 Å². The van der Waals surface area contributed by atoms with E-state index in [1.165, 1.54) is 0 Å². The molecule has 0 amide bonds. The molecule has 0 aliphatic rings. The highest BCUT2D eigenvalue weighted by Crippen LogP contribution is 2.19. The molecule has 0 saturated carbocycles. The van der Waals surface area contributed by atoms with Crippen molar-refractivity contribution in [1.29, 1.82) is 0 Å². The minimum Gasteiger partial charge on any atom is -0.481 e. The Hall–Kier alpha value is -1.16. The van der Waals surface area contributed by atoms with E-state index in [0.717, 1.165) is 4.47 Å². The van der Waals surface area contributed by atoms with Gasteiger partial charge in [-0.2, -0.15) is 0 Å². The molecule has 92 valence electrons. The number of carboxylic acid groups (broad SMARTS) is 1. The summed E-state index contributed by atoms with van der Waals surface area (Å²) in [5, 5.41) is 9.02. The van der Waals surface area contributed by atoms with Crippen molar-refractivity contribution >= 4 is 27.7 Å². The van der Waals surface area contributed by atoms with Crippen molar-refractivity contribution in [3.05, 3.63) is 34.3 Å². The number of hydrogen-bond donors (Lipinski definition) is 1. The molecule has 0 heterocycles. The summed E-state index contributed by atoms with van der Waals surface area (Å²) in [6.45, 7) is 3.63. The highest BCUT2D eigenvalue weighted by atomic mass is 79.9. The van der Waals surface area contributed by atoms with E-state index in [2.05, 4.69) is 15.9 Å². The van der Waals surface area contributed by atoms with Crippen LogP contribution in [0.4, 0.5) is 0 Å². The molecule has 1 atom stereocenters. The lowest BCUT2D eigenvalue weighted by Crippen LogP contribution is -2.23. The van der Waals surface area contributed by atoms with E-state index in [1.54, 1.807) is 24.3 Å². The van der Waals surface area contributed by atoms with Gasteiger partial charge in [0.25, 0.3) is 0 Å². The van der Waals surface area contributed by atoms with Crippen LogP contribution < -0.4 is 0 Å². The summed E-state index contributed by atoms with van der Waals surface area (Å²) in [6.07, 6.45) is 0.0502. The van der Waals surface area contributed by atoms with Gasteiger partial charge < -0.3 is 5.11 Å². The molecule has 3 nitrogen and oxygen atoms in total. The number of benzene rings is 1. The zero-order valence-electron chi connectivity index (χ0n) is 9.81. The van der Waals surface area contributed by atoms with Crippen molar-refractivity contribution < 1.29 is 14.7 Å². The van der Waals surface area contributed by atoms with Crippen LogP contribution in [0.2, 0.25) is 0 Å². The Morgan fingerprint density at radius 2 is 1.76 bits per heavy atom. The fourth-order valence-corrected chi connectivity index (χ4v) is 1.83. The summed E-state index contributed by atoms with van der Waals surface area (Å²) < 4.78 is 0.896. The molecule has 17 heavy (non-hydrogen) atoms. The number of carbonyl (C=O) groups is 2. The van der Waals surface area contributed by atoms with Crippen molar-refractivity contribution in [1.82, 2.24) is 0 Å². The zero-order chi connectivity index (χ0) is 13.0. The van der Waals surface area contributed by atoms with Crippen LogP contribution >= 0.6 is 15.9 Å². The molecule has 1 unspecified atom stereocenters. The number of hydrogen-bond acceptors (Lipinski definition) is 2. The average molecular weight is 299 g/mol. The zero-order valence-corrected chi connectivity index (χ0v) is 11.4. The number of ketones is 1. The average Bonchev–Trinajstić information content (AvgIpc) is 2.25. The molecule has 0 radical (unpaired) electrons. The van der Waals surface area contributed by atoms with Crippen molar-refractivity contribution in [2.45, 2.75) is 20.3 Å². The largest absolute Gasteiger partial charge is 0.481 e. The predicted octanol–water partition coefficient (Wildman–Crippen LogP) is 3.38. The lowest BCUT2D eigenvalue weighted by Gasteiger charge is -2.15. The molecule has 1 N–H and O–H groups in total. The SMILES string of the molecule is CC(C)C(CC(=O)c1ccc(Br)cc1)C(=O)O. The molecule has 1 aromatic rings. The van der Waals surface area contributed by atoms with Gasteiger partial charge in [-0.3, -0.25) is 9.59 Å². The monoisotopic (exact) mass is 298 g/mol. The Labute approximate surface area is 109 Å². The lowest BCUT2D eigenvalue weighted by molar-refractivity contribution is -0.143. The standard InChI is InChI=1S/C13H15BrO3/c1-8(2)11(13(16)17)7-12(15)9-3-5-10(14)6-4-9/h3-6,8,11H,7H2,1-2H3,(H,16,17). The Bertz CT molecular complexity index is 409. The van der Waals surface area contributed by atoms with Crippen molar-refractivity contribution in [2.75, 3.05) is 0 Å². The molecule has 0 spiro atoms. The number of rotatable bonds is 5. The number of carbonyl (C=O) groups excluding carboxylic acids is 1. The maximum Gasteiger partial charge on any atom is 0.307 e. The van der Waals surface area contributed by atoms with Gasteiger partial charge in [0, 0.05) is 16.5 Å². The summed E-state index contributed by atoms with van der Waals surface area (Å²) in [6, 6.07) is 6.95. The van der Waals surface area contributed by atoms with Crippen molar-refractivity contribution in [3.8, 4) is 0 Å². The molecule has 0 aromatic heterocycles. The molecule has 1 rings (SSSR count). The smallest absolute Gasteiger partial charge is 0.307 e. The minimum absolute atomic E-state index is 0.0492. The van der Waals surface area contributed by atoms with E-state index >= 15 is 0 Å². The first-order chi connectivity index (χ1) is 7.91. The van der Waals surface area contributed by atoms with Gasteiger partial charge in [0.05, 0.1) is 5.92 Å². The second kappa shape index (κ2) is 5.96. The van der Waals surface area contributed by atoms with Crippen molar-refractivity contribution in [3.63, 3.8) is 0 Å². The maximum atomic E-state index is 11.9. The molecule has 0 saturated heterocycles. The third kappa shape index (κ3) is 3.97. The number of carboxylic acids is 1. The van der Waals surface area contributed by atoms with Gasteiger partial charge in [-0.05, 0) is 18.1 Å². The molecule has 1 aromatic carbocycles. The lowest BCUT2D eigenvalue weighted by atomic mass is 9.89. The van der Waals surface area contributed by atoms with Gasteiger partial charge in [0.2, 0.25) is 0 Å². The number of Topliss-reactive ketones (excluding diaryl/α,β-unsaturated/α-hetero) is 1. The van der Waals surface area contributed by atoms with Gasteiger partial charge in [-0.25, -0.2) is 0 Å². The van der Waals surface area contributed by atoms with Crippen LogP contribution in [0.25, 0.3) is 0 Å². The number of aliphatic carboxylic acids is 1. The van der Waals surface area contributed by atoms with E-state index < -0.39 is 11.9 Å². The first-order valence-electron chi connectivity index (χ1n) is 5.43. The first-order valence-corrected chi connectivity index (χ1v) is 6.22. The number of halogens is 1. The fraction of sp³-hybridized carbons (Fsp3) is 0.385. The maximum absolute atomic E-state index is 11.9. The summed E-state index contributed by atoms with van der Waals surface area (Å²) in [7, 11) is 0. The van der Waals surface area contributed by atoms with Gasteiger partial charge in [-0.1, -0.05) is 41.9 Å².